The second kappa shape index (κ2) is 14.5. The quantitative estimate of drug-likeness (QED) is 0.161. The molecule has 13 heteroatoms. The maximum atomic E-state index is 11.4. The number of carbonyl (C=O) groups excluding carboxylic acids is 4. The largest absolute Gasteiger partial charge is 0.480 e. The predicted octanol–water partition coefficient (Wildman–Crippen LogP) is -2.87. The molecule has 168 valence electrons. The molecule has 0 heterocycles. The van der Waals surface area contributed by atoms with Gasteiger partial charge in [0, 0.05) is 0 Å². The van der Waals surface area contributed by atoms with Gasteiger partial charge in [-0.2, -0.15) is 0 Å². The van der Waals surface area contributed by atoms with E-state index in [2.05, 4.69) is 9.47 Å². The van der Waals surface area contributed by atoms with Gasteiger partial charge in [0.25, 0.3) is 0 Å². The van der Waals surface area contributed by atoms with Crippen molar-refractivity contribution >= 4 is 29.8 Å². The first kappa shape index (κ1) is 28.8. The van der Waals surface area contributed by atoms with Gasteiger partial charge in [-0.05, 0) is 19.3 Å². The summed E-state index contributed by atoms with van der Waals surface area (Å²) < 4.78 is 8.36. The van der Waals surface area contributed by atoms with Crippen LogP contribution in [0, 0.1) is 0 Å². The Morgan fingerprint density at radius 1 is 0.655 bits per heavy atom. The van der Waals surface area contributed by atoms with E-state index in [4.69, 9.17) is 22.3 Å². The van der Waals surface area contributed by atoms with Crippen LogP contribution in [-0.2, 0) is 33.4 Å². The Hall–Kier alpha value is -2.45. The fourth-order valence-electron chi connectivity index (χ4n) is 1.24. The first-order chi connectivity index (χ1) is 13.3. The predicted molar refractivity (Wildman–Crippen MR) is 96.6 cm³/mol. The van der Waals surface area contributed by atoms with Gasteiger partial charge in [0.15, 0.2) is 12.2 Å². The molecule has 29 heavy (non-hydrogen) atoms. The third kappa shape index (κ3) is 11.2. The number of hydrogen-bond acceptors (Lipinski definition) is 12. The monoisotopic (exact) mass is 423 g/mol. The summed E-state index contributed by atoms with van der Waals surface area (Å²) >= 11 is 0. The molecule has 0 aromatic rings. The van der Waals surface area contributed by atoms with Gasteiger partial charge in [0.1, 0.15) is 18.1 Å². The van der Waals surface area contributed by atoms with Crippen molar-refractivity contribution in [2.45, 2.75) is 70.4 Å². The van der Waals surface area contributed by atoms with Crippen LogP contribution in [0.1, 0.15) is 40.0 Å². The van der Waals surface area contributed by atoms with Gasteiger partial charge >= 0.3 is 29.8 Å². The van der Waals surface area contributed by atoms with E-state index in [1.54, 1.807) is 20.8 Å². The van der Waals surface area contributed by atoms with E-state index >= 15 is 0 Å². The Bertz CT molecular complexity index is 543. The molecule has 0 saturated heterocycles. The molecule has 0 aromatic carbocycles. The fraction of sp³-hybridized carbons (Fsp3) is 0.688. The number of aliphatic hydroxyl groups is 2. The molecule has 0 spiro atoms. The lowest BCUT2D eigenvalue weighted by atomic mass is 10.2. The van der Waals surface area contributed by atoms with Crippen LogP contribution in [-0.4, -0.2) is 75.5 Å². The third-order valence-electron chi connectivity index (χ3n) is 3.43. The number of carbonyl (C=O) groups is 5. The number of ether oxygens (including phenoxy) is 2. The van der Waals surface area contributed by atoms with E-state index in [-0.39, 0.29) is 12.8 Å². The SMILES string of the molecule is CCC(N)C(=O)O.CC[C@H](N)C(=O)OC(=O)C(O)C(O)C(=O)OC(=O)[C@@H](N)CC. The number of aliphatic hydroxyl groups excluding tert-OH is 2. The van der Waals surface area contributed by atoms with Crippen LogP contribution in [0.5, 0.6) is 0 Å². The molecule has 13 nitrogen and oxygen atoms in total. The topological polar surface area (TPSA) is 243 Å². The molecule has 0 rings (SSSR count). The average molecular weight is 423 g/mol. The molecule has 0 aliphatic rings. The first-order valence-electron chi connectivity index (χ1n) is 8.70. The van der Waals surface area contributed by atoms with Crippen LogP contribution in [0.2, 0.25) is 0 Å². The van der Waals surface area contributed by atoms with E-state index in [0.717, 1.165) is 0 Å². The zero-order valence-corrected chi connectivity index (χ0v) is 16.4. The smallest absolute Gasteiger partial charge is 0.346 e. The number of hydrogen-bond donors (Lipinski definition) is 6. The number of rotatable bonds is 9. The fourth-order valence-corrected chi connectivity index (χ4v) is 1.24. The van der Waals surface area contributed by atoms with E-state index in [9.17, 15) is 34.2 Å². The van der Waals surface area contributed by atoms with Crippen molar-refractivity contribution in [3.05, 3.63) is 0 Å². The van der Waals surface area contributed by atoms with Gasteiger partial charge in [-0.3, -0.25) is 4.79 Å². The molecule has 0 bridgehead atoms. The maximum absolute atomic E-state index is 11.4. The van der Waals surface area contributed by atoms with Gasteiger partial charge in [0.2, 0.25) is 0 Å². The van der Waals surface area contributed by atoms with Crippen LogP contribution in [0.15, 0.2) is 0 Å². The molecule has 0 aliphatic heterocycles. The minimum absolute atomic E-state index is 0.177. The molecule has 0 fully saturated rings. The minimum atomic E-state index is -2.41. The van der Waals surface area contributed by atoms with E-state index in [1.165, 1.54) is 0 Å². The van der Waals surface area contributed by atoms with Crippen LogP contribution in [0.3, 0.4) is 0 Å². The van der Waals surface area contributed by atoms with Gasteiger partial charge in [-0.15, -0.1) is 0 Å². The molecular formula is C16H29N3O10. The summed E-state index contributed by atoms with van der Waals surface area (Å²) in [6.45, 7) is 4.85. The third-order valence-corrected chi connectivity index (χ3v) is 3.43. The zero-order chi connectivity index (χ0) is 23.3. The molecule has 3 unspecified atom stereocenters. The first-order valence-corrected chi connectivity index (χ1v) is 8.70. The van der Waals surface area contributed by atoms with Gasteiger partial charge in [0.05, 0.1) is 0 Å². The Morgan fingerprint density at radius 2 is 0.931 bits per heavy atom. The lowest BCUT2D eigenvalue weighted by Crippen LogP contribution is -2.45. The Balaban J connectivity index is 0. The molecule has 0 saturated carbocycles. The van der Waals surface area contributed by atoms with Crippen molar-refractivity contribution in [1.82, 2.24) is 0 Å². The summed E-state index contributed by atoms with van der Waals surface area (Å²) in [5, 5.41) is 26.9. The van der Waals surface area contributed by atoms with Crippen LogP contribution in [0.25, 0.3) is 0 Å². The van der Waals surface area contributed by atoms with Gasteiger partial charge in [-0.25, -0.2) is 19.2 Å². The summed E-state index contributed by atoms with van der Waals surface area (Å²) in [4.78, 5) is 55.0. The number of carboxylic acid groups (broad SMARTS) is 1. The Kier molecular flexibility index (Phi) is 14.4. The normalized spacial score (nSPS) is 15.4. The van der Waals surface area contributed by atoms with E-state index in [1.807, 2.05) is 0 Å². The highest BCUT2D eigenvalue weighted by Gasteiger charge is 2.36. The second-order valence-corrected chi connectivity index (χ2v) is 5.75. The molecule has 0 radical (unpaired) electrons. The lowest BCUT2D eigenvalue weighted by Gasteiger charge is -2.16. The molecular weight excluding hydrogens is 394 g/mol. The lowest BCUT2D eigenvalue weighted by molar-refractivity contribution is -0.181. The average Bonchev–Trinajstić information content (AvgIpc) is 2.70. The van der Waals surface area contributed by atoms with Crippen molar-refractivity contribution in [2.24, 2.45) is 17.2 Å². The summed E-state index contributed by atoms with van der Waals surface area (Å²) in [7, 11) is 0. The summed E-state index contributed by atoms with van der Waals surface area (Å²) in [6.07, 6.45) is -3.97. The van der Waals surface area contributed by atoms with Gasteiger partial charge < -0.3 is 42.0 Å². The highest BCUT2D eigenvalue weighted by molar-refractivity contribution is 5.96. The molecule has 5 atom stereocenters. The minimum Gasteiger partial charge on any atom is -0.480 e. The molecule has 9 N–H and O–H groups in total. The van der Waals surface area contributed by atoms with Crippen molar-refractivity contribution in [2.75, 3.05) is 0 Å². The highest BCUT2D eigenvalue weighted by Crippen LogP contribution is 2.03. The standard InChI is InChI=1S/C12H20N2O8.C4H9NO2/c1-3-5(13)9(17)21-11(19)7(15)8(16)12(20)22-10(18)6(14)4-2;1-2-3(5)4(6)7/h5-8,15-16H,3-4,13-14H2,1-2H3;3H,2,5H2,1H3,(H,6,7)/t5-,6-,7?,8?;/m0./s1. The number of esters is 4. The summed E-state index contributed by atoms with van der Waals surface area (Å²) in [6, 6.07) is -2.87. The molecule has 0 aliphatic carbocycles. The Morgan fingerprint density at radius 3 is 1.10 bits per heavy atom. The number of nitrogens with two attached hydrogens (primary N) is 3. The van der Waals surface area contributed by atoms with Gasteiger partial charge in [-0.1, -0.05) is 20.8 Å². The van der Waals surface area contributed by atoms with Crippen molar-refractivity contribution in [3.8, 4) is 0 Å². The van der Waals surface area contributed by atoms with Crippen molar-refractivity contribution in [3.63, 3.8) is 0 Å². The summed E-state index contributed by atoms with van der Waals surface area (Å²) in [5.74, 6) is -6.37. The number of carboxylic acids is 1. The van der Waals surface area contributed by atoms with Crippen molar-refractivity contribution in [1.29, 1.82) is 0 Å². The molecule has 0 amide bonds. The van der Waals surface area contributed by atoms with Crippen molar-refractivity contribution < 1.29 is 48.8 Å². The summed E-state index contributed by atoms with van der Waals surface area (Å²) in [5.41, 5.74) is 15.6. The molecule has 0 aromatic heterocycles. The second-order valence-electron chi connectivity index (χ2n) is 5.75. The van der Waals surface area contributed by atoms with Crippen LogP contribution < -0.4 is 17.2 Å². The van der Waals surface area contributed by atoms with E-state index < -0.39 is 60.2 Å². The van der Waals surface area contributed by atoms with Crippen LogP contribution >= 0.6 is 0 Å². The van der Waals surface area contributed by atoms with E-state index in [0.29, 0.717) is 6.42 Å². The maximum Gasteiger partial charge on any atom is 0.346 e. The highest BCUT2D eigenvalue weighted by atomic mass is 16.6. The zero-order valence-electron chi connectivity index (χ0n) is 16.4. The van der Waals surface area contributed by atoms with Crippen LogP contribution in [0.4, 0.5) is 0 Å². The number of aliphatic carboxylic acids is 1. The Labute approximate surface area is 167 Å².